The van der Waals surface area contributed by atoms with E-state index in [0.717, 1.165) is 66.1 Å². The molecule has 3 atom stereocenters. The Morgan fingerprint density at radius 2 is 1.59 bits per heavy atom. The summed E-state index contributed by atoms with van der Waals surface area (Å²) in [5.41, 5.74) is 2.65. The summed E-state index contributed by atoms with van der Waals surface area (Å²) >= 11 is 2.30. The molecule has 0 aliphatic carbocycles. The summed E-state index contributed by atoms with van der Waals surface area (Å²) in [6.45, 7) is 9.89. The third-order valence-electron chi connectivity index (χ3n) is 12.6. The molecular formula is C55H65F3N6O10S2. The van der Waals surface area contributed by atoms with Crippen LogP contribution >= 0.6 is 23.1 Å². The number of alkyl halides is 3. The van der Waals surface area contributed by atoms with Gasteiger partial charge < -0.3 is 39.6 Å². The molecule has 3 N–H and O–H groups in total. The molecule has 2 aliphatic heterocycles. The molecule has 21 heteroatoms. The van der Waals surface area contributed by atoms with Gasteiger partial charge in [-0.1, -0.05) is 51.8 Å². The van der Waals surface area contributed by atoms with E-state index in [1.54, 1.807) is 17.6 Å². The SMILES string of the molecule is COc1cc(/C=C2\SC(=O)N(CCCCOCCCCOCCCCCCC(=O)N[C@H](C(=O)N3C[C@H](O)CC3C(=O)Nc3cccc(-c4scnc4C)c3)C(C)(C)C)C2=O)ccc1Oc1ccc(C#N)cc1C(F)(F)F. The third kappa shape index (κ3) is 16.6. The predicted octanol–water partition coefficient (Wildman–Crippen LogP) is 10.5. The Morgan fingerprint density at radius 3 is 2.25 bits per heavy atom. The molecule has 0 radical (unpaired) electrons. The number of rotatable bonds is 26. The first-order valence-corrected chi connectivity index (χ1v) is 26.9. The number of hydrogen-bond donors (Lipinski definition) is 3. The Labute approximate surface area is 449 Å². The first-order valence-electron chi connectivity index (χ1n) is 25.2. The van der Waals surface area contributed by atoms with Crippen molar-refractivity contribution < 1.29 is 61.2 Å². The van der Waals surface area contributed by atoms with E-state index < -0.39 is 64.1 Å². The van der Waals surface area contributed by atoms with Gasteiger partial charge in [0.25, 0.3) is 11.1 Å². The van der Waals surface area contributed by atoms with Crippen LogP contribution in [0.2, 0.25) is 0 Å². The molecule has 5 amide bonds. The van der Waals surface area contributed by atoms with Crippen LogP contribution in [0, 0.1) is 23.7 Å². The number of nitrogens with zero attached hydrogens (tertiary/aromatic N) is 4. The number of unbranched alkanes of at least 4 members (excludes halogenated alkanes) is 5. The number of likely N-dealkylation sites (tertiary alicyclic amines) is 1. The smallest absolute Gasteiger partial charge is 0.420 e. The fourth-order valence-electron chi connectivity index (χ4n) is 8.56. The van der Waals surface area contributed by atoms with Crippen LogP contribution in [0.25, 0.3) is 16.5 Å². The van der Waals surface area contributed by atoms with Crippen LogP contribution in [-0.4, -0.2) is 114 Å². The van der Waals surface area contributed by atoms with Crippen molar-refractivity contribution in [2.24, 2.45) is 5.41 Å². The molecule has 0 bridgehead atoms. The Hall–Kier alpha value is -6.31. The topological polar surface area (TPSA) is 210 Å². The molecule has 408 valence electrons. The molecular weight excluding hydrogens is 1030 g/mol. The van der Waals surface area contributed by atoms with Gasteiger partial charge in [0.15, 0.2) is 11.5 Å². The van der Waals surface area contributed by atoms with E-state index in [4.69, 9.17) is 24.2 Å². The van der Waals surface area contributed by atoms with Crippen molar-refractivity contribution in [3.05, 3.63) is 93.5 Å². The van der Waals surface area contributed by atoms with E-state index >= 15 is 0 Å². The molecule has 16 nitrogen and oxygen atoms in total. The minimum absolute atomic E-state index is 0.0125. The normalized spacial score (nSPS) is 16.8. The molecule has 2 aliphatic rings. The predicted molar refractivity (Wildman–Crippen MR) is 284 cm³/mol. The molecule has 1 unspecified atom stereocenters. The number of β-amino-alcohol motifs (C(OH)–C–C–N with tert-alkyl or cyclic N) is 1. The molecule has 2 fully saturated rings. The molecule has 0 saturated carbocycles. The zero-order chi connectivity index (χ0) is 55.0. The van der Waals surface area contributed by atoms with Crippen LogP contribution < -0.4 is 20.1 Å². The highest BCUT2D eigenvalue weighted by atomic mass is 32.2. The molecule has 76 heavy (non-hydrogen) atoms. The van der Waals surface area contributed by atoms with E-state index in [0.29, 0.717) is 63.0 Å². The average Bonchev–Trinajstić information content (AvgIpc) is 4.08. The highest BCUT2D eigenvalue weighted by Gasteiger charge is 2.45. The number of aryl methyl sites for hydroxylation is 1. The Kier molecular flexibility index (Phi) is 21.4. The number of nitriles is 1. The zero-order valence-corrected chi connectivity index (χ0v) is 45.0. The van der Waals surface area contributed by atoms with Crippen LogP contribution in [0.4, 0.5) is 23.7 Å². The fraction of sp³-hybridized carbons (Fsp3) is 0.473. The van der Waals surface area contributed by atoms with Gasteiger partial charge in [-0.05, 0) is 122 Å². The average molecular weight is 1090 g/mol. The second-order valence-electron chi connectivity index (χ2n) is 19.6. The summed E-state index contributed by atoms with van der Waals surface area (Å²) in [6, 6.07) is 14.7. The minimum Gasteiger partial charge on any atom is -0.493 e. The number of ether oxygens (including phenoxy) is 4. The fourth-order valence-corrected chi connectivity index (χ4v) is 10.2. The van der Waals surface area contributed by atoms with Crippen LogP contribution in [0.5, 0.6) is 17.2 Å². The quantitative estimate of drug-likeness (QED) is 0.0395. The molecule has 2 saturated heterocycles. The number of aliphatic hydroxyl groups is 1. The number of thiazole rings is 1. The van der Waals surface area contributed by atoms with E-state index in [1.807, 2.05) is 45.9 Å². The lowest BCUT2D eigenvalue weighted by Crippen LogP contribution is -2.57. The summed E-state index contributed by atoms with van der Waals surface area (Å²) in [7, 11) is 1.32. The molecule has 0 spiro atoms. The number of benzene rings is 3. The summed E-state index contributed by atoms with van der Waals surface area (Å²) < 4.78 is 63.5. The van der Waals surface area contributed by atoms with Gasteiger partial charge in [0.05, 0.1) is 51.4 Å². The number of hydrogen-bond acceptors (Lipinski definition) is 14. The molecule has 3 heterocycles. The summed E-state index contributed by atoms with van der Waals surface area (Å²) in [6.07, 6.45) is 2.15. The standard InChI is InChI=1S/C55H65F3N6O10S2/c1-35-48(75-34-60-35)38-15-14-16-39(30-38)61-50(67)42-31-40(65)33-64(42)52(69)49(54(2,3)4)62-47(66)17-8-6-7-10-23-72-25-12-13-26-73-24-11-9-22-63-51(68)46(76-53(63)70)29-36-18-21-44(45(28-36)71-5)74-43-20-19-37(32-59)27-41(43)55(56,57)58/h14-16,18-21,27-30,34,40,42,49,65H,6-13,17,22-26,31,33H2,1-5H3,(H,61,67)(H,62,66)/b46-29-/t40-,42?,49-/m1/s1. The monoisotopic (exact) mass is 1090 g/mol. The summed E-state index contributed by atoms with van der Waals surface area (Å²) in [5.74, 6) is -1.96. The van der Waals surface area contributed by atoms with Gasteiger partial charge in [-0.2, -0.15) is 18.4 Å². The van der Waals surface area contributed by atoms with Crippen molar-refractivity contribution >= 4 is 63.7 Å². The number of thioether (sulfide) groups is 1. The van der Waals surface area contributed by atoms with Crippen molar-refractivity contribution in [2.75, 3.05) is 51.9 Å². The van der Waals surface area contributed by atoms with Gasteiger partial charge in [-0.15, -0.1) is 11.3 Å². The van der Waals surface area contributed by atoms with Crippen LogP contribution in [0.15, 0.2) is 71.1 Å². The third-order valence-corrected chi connectivity index (χ3v) is 14.5. The maximum Gasteiger partial charge on any atom is 0.420 e. The van der Waals surface area contributed by atoms with Crippen molar-refractivity contribution in [1.82, 2.24) is 20.1 Å². The van der Waals surface area contributed by atoms with E-state index in [1.165, 1.54) is 58.6 Å². The lowest BCUT2D eigenvalue weighted by atomic mass is 9.85. The maximum absolute atomic E-state index is 14.0. The number of carbonyl (C=O) groups excluding carboxylic acids is 5. The Bertz CT molecular complexity index is 2760. The lowest BCUT2D eigenvalue weighted by molar-refractivity contribution is -0.143. The van der Waals surface area contributed by atoms with Gasteiger partial charge in [-0.25, -0.2) is 4.98 Å². The van der Waals surface area contributed by atoms with Crippen LogP contribution in [0.1, 0.15) is 107 Å². The second-order valence-corrected chi connectivity index (χ2v) is 21.4. The summed E-state index contributed by atoms with van der Waals surface area (Å²) in [5, 5.41) is 25.1. The molecule has 3 aromatic carbocycles. The number of imide groups is 1. The first kappa shape index (κ1) is 58.9. The highest BCUT2D eigenvalue weighted by Crippen LogP contribution is 2.42. The number of halogens is 3. The molecule has 4 aromatic rings. The second kappa shape index (κ2) is 27.6. The number of amides is 5. The van der Waals surface area contributed by atoms with Gasteiger partial charge in [0.2, 0.25) is 17.7 Å². The van der Waals surface area contributed by atoms with Gasteiger partial charge in [0, 0.05) is 58.0 Å². The van der Waals surface area contributed by atoms with Crippen molar-refractivity contribution in [3.8, 4) is 33.8 Å². The van der Waals surface area contributed by atoms with Gasteiger partial charge >= 0.3 is 6.18 Å². The number of aromatic nitrogens is 1. The number of methoxy groups -OCH3 is 1. The number of carbonyl (C=O) groups is 5. The van der Waals surface area contributed by atoms with Crippen LogP contribution in [-0.2, 0) is 34.8 Å². The van der Waals surface area contributed by atoms with Gasteiger partial charge in [-0.3, -0.25) is 28.9 Å². The number of nitrogens with one attached hydrogen (secondary N) is 2. The number of aliphatic hydroxyl groups excluding tert-OH is 1. The van der Waals surface area contributed by atoms with Crippen molar-refractivity contribution in [1.29, 1.82) is 5.26 Å². The largest absolute Gasteiger partial charge is 0.493 e. The Balaban J connectivity index is 0.805. The minimum atomic E-state index is -4.77. The number of anilines is 1. The van der Waals surface area contributed by atoms with Gasteiger partial charge in [0.1, 0.15) is 17.8 Å². The first-order chi connectivity index (χ1) is 36.3. The lowest BCUT2D eigenvalue weighted by Gasteiger charge is -2.35. The zero-order valence-electron chi connectivity index (χ0n) is 43.3. The molecule has 6 rings (SSSR count). The van der Waals surface area contributed by atoms with E-state index in [2.05, 4.69) is 15.6 Å². The van der Waals surface area contributed by atoms with Crippen molar-refractivity contribution in [2.45, 2.75) is 116 Å². The molecule has 1 aromatic heterocycles. The van der Waals surface area contributed by atoms with E-state index in [9.17, 15) is 42.3 Å². The maximum atomic E-state index is 14.0. The highest BCUT2D eigenvalue weighted by molar-refractivity contribution is 8.18. The van der Waals surface area contributed by atoms with Crippen molar-refractivity contribution in [3.63, 3.8) is 0 Å². The van der Waals surface area contributed by atoms with Crippen LogP contribution in [0.3, 0.4) is 0 Å². The Morgan fingerprint density at radius 1 is 0.908 bits per heavy atom. The summed E-state index contributed by atoms with van der Waals surface area (Å²) in [4.78, 5) is 74.7. The van der Waals surface area contributed by atoms with E-state index in [-0.39, 0.29) is 53.8 Å².